The molecule has 0 amide bonds. The molecule has 0 spiro atoms. The SMILES string of the molecule is O=C(C(=NNc1ccccc1C(F)(F)F)c1ccccc1)c1ccccc1. The van der Waals surface area contributed by atoms with Gasteiger partial charge in [-0.15, -0.1) is 0 Å². The molecule has 6 heteroatoms. The second-order valence-electron chi connectivity index (χ2n) is 5.68. The monoisotopic (exact) mass is 368 g/mol. The number of para-hydroxylation sites is 1. The van der Waals surface area contributed by atoms with E-state index in [1.807, 2.05) is 0 Å². The Hall–Kier alpha value is -3.41. The average Bonchev–Trinajstić information content (AvgIpc) is 2.69. The standard InChI is InChI=1S/C21H15F3N2O/c22-21(23,24)17-13-7-8-14-18(17)25-26-19(15-9-3-1-4-10-15)20(27)16-11-5-2-6-12-16/h1-14,25H. The Morgan fingerprint density at radius 1 is 0.741 bits per heavy atom. The van der Waals surface area contributed by atoms with Crippen molar-refractivity contribution < 1.29 is 18.0 Å². The minimum atomic E-state index is -4.53. The number of carbonyl (C=O) groups excluding carboxylic acids is 1. The van der Waals surface area contributed by atoms with Crippen molar-refractivity contribution in [2.75, 3.05) is 5.43 Å². The van der Waals surface area contributed by atoms with Gasteiger partial charge in [0.05, 0.1) is 11.3 Å². The van der Waals surface area contributed by atoms with Crippen molar-refractivity contribution >= 4 is 17.2 Å². The van der Waals surface area contributed by atoms with Crippen molar-refractivity contribution in [1.82, 2.24) is 0 Å². The number of halogens is 3. The molecule has 0 fully saturated rings. The summed E-state index contributed by atoms with van der Waals surface area (Å²) in [5.41, 5.74) is 2.26. The molecule has 0 aliphatic rings. The molecule has 0 bridgehead atoms. The minimum absolute atomic E-state index is 0.0266. The number of alkyl halides is 3. The largest absolute Gasteiger partial charge is 0.418 e. The second-order valence-corrected chi connectivity index (χ2v) is 5.68. The predicted molar refractivity (Wildman–Crippen MR) is 98.8 cm³/mol. The molecular formula is C21H15F3N2O. The summed E-state index contributed by atoms with van der Waals surface area (Å²) >= 11 is 0. The number of nitrogens with zero attached hydrogens (tertiary/aromatic N) is 1. The Labute approximate surface area is 154 Å². The third-order valence-electron chi connectivity index (χ3n) is 3.82. The van der Waals surface area contributed by atoms with E-state index in [0.29, 0.717) is 11.1 Å². The number of hydrogen-bond donors (Lipinski definition) is 1. The molecule has 1 N–H and O–H groups in total. The fraction of sp³-hybridized carbons (Fsp3) is 0.0476. The van der Waals surface area contributed by atoms with Crippen molar-refractivity contribution in [2.45, 2.75) is 6.18 Å². The van der Waals surface area contributed by atoms with E-state index in [-0.39, 0.29) is 11.4 Å². The molecule has 0 atom stereocenters. The summed E-state index contributed by atoms with van der Waals surface area (Å²) < 4.78 is 39.5. The van der Waals surface area contributed by atoms with Gasteiger partial charge in [0.25, 0.3) is 0 Å². The maximum Gasteiger partial charge on any atom is 0.418 e. The Kier molecular flexibility index (Phi) is 5.35. The molecule has 0 unspecified atom stereocenters. The van der Waals surface area contributed by atoms with Crippen LogP contribution in [0.1, 0.15) is 21.5 Å². The average molecular weight is 368 g/mol. The summed E-state index contributed by atoms with van der Waals surface area (Å²) in [7, 11) is 0. The molecule has 0 aliphatic carbocycles. The predicted octanol–water partition coefficient (Wildman–Crippen LogP) is 5.40. The number of Topliss-reactive ketones (excluding diaryl/α,β-unsaturated/α-hetero) is 1. The first-order valence-electron chi connectivity index (χ1n) is 8.12. The molecule has 3 rings (SSSR count). The Bertz CT molecular complexity index is 952. The van der Waals surface area contributed by atoms with E-state index in [0.717, 1.165) is 6.07 Å². The number of anilines is 1. The summed E-state index contributed by atoms with van der Waals surface area (Å²) in [4.78, 5) is 12.9. The van der Waals surface area contributed by atoms with E-state index in [4.69, 9.17) is 0 Å². The van der Waals surface area contributed by atoms with Gasteiger partial charge in [0.2, 0.25) is 5.78 Å². The molecule has 3 aromatic carbocycles. The van der Waals surface area contributed by atoms with Crippen LogP contribution in [0.2, 0.25) is 0 Å². The lowest BCUT2D eigenvalue weighted by Gasteiger charge is -2.13. The quantitative estimate of drug-likeness (QED) is 0.372. The highest BCUT2D eigenvalue weighted by Gasteiger charge is 2.33. The summed E-state index contributed by atoms with van der Waals surface area (Å²) in [6, 6.07) is 22.0. The van der Waals surface area contributed by atoms with Crippen LogP contribution in [0.15, 0.2) is 90.0 Å². The number of ketones is 1. The van der Waals surface area contributed by atoms with Crippen LogP contribution >= 0.6 is 0 Å². The fourth-order valence-electron chi connectivity index (χ4n) is 2.51. The molecule has 3 aromatic rings. The van der Waals surface area contributed by atoms with Crippen LogP contribution in [0.4, 0.5) is 18.9 Å². The van der Waals surface area contributed by atoms with Crippen LogP contribution in [0.5, 0.6) is 0 Å². The lowest BCUT2D eigenvalue weighted by atomic mass is 10.0. The lowest BCUT2D eigenvalue weighted by Crippen LogP contribution is -2.18. The molecule has 0 saturated heterocycles. The van der Waals surface area contributed by atoms with Crippen LogP contribution in [0, 0.1) is 0 Å². The number of hydrazone groups is 1. The van der Waals surface area contributed by atoms with Crippen molar-refractivity contribution in [3.63, 3.8) is 0 Å². The van der Waals surface area contributed by atoms with Gasteiger partial charge >= 0.3 is 6.18 Å². The van der Waals surface area contributed by atoms with E-state index < -0.39 is 17.5 Å². The molecule has 0 aliphatic heterocycles. The van der Waals surface area contributed by atoms with Gasteiger partial charge in [-0.1, -0.05) is 72.8 Å². The van der Waals surface area contributed by atoms with Gasteiger partial charge in [0, 0.05) is 11.1 Å². The van der Waals surface area contributed by atoms with Crippen molar-refractivity contribution in [3.8, 4) is 0 Å². The smallest absolute Gasteiger partial charge is 0.287 e. The highest BCUT2D eigenvalue weighted by atomic mass is 19.4. The topological polar surface area (TPSA) is 41.5 Å². The highest BCUT2D eigenvalue weighted by molar-refractivity contribution is 6.51. The number of hydrogen-bond acceptors (Lipinski definition) is 3. The second kappa shape index (κ2) is 7.86. The maximum atomic E-state index is 13.2. The fourth-order valence-corrected chi connectivity index (χ4v) is 2.51. The summed E-state index contributed by atoms with van der Waals surface area (Å²) in [5.74, 6) is -0.390. The Balaban J connectivity index is 2.01. The third-order valence-corrected chi connectivity index (χ3v) is 3.82. The van der Waals surface area contributed by atoms with Crippen LogP contribution < -0.4 is 5.43 Å². The van der Waals surface area contributed by atoms with Gasteiger partial charge < -0.3 is 0 Å². The third kappa shape index (κ3) is 4.41. The van der Waals surface area contributed by atoms with Crippen LogP contribution in [0.25, 0.3) is 0 Å². The summed E-state index contributed by atoms with van der Waals surface area (Å²) in [6.45, 7) is 0. The molecule has 0 saturated carbocycles. The normalized spacial score (nSPS) is 11.9. The first-order valence-corrected chi connectivity index (χ1v) is 8.12. The van der Waals surface area contributed by atoms with E-state index >= 15 is 0 Å². The van der Waals surface area contributed by atoms with E-state index in [1.54, 1.807) is 60.7 Å². The van der Waals surface area contributed by atoms with Crippen molar-refractivity contribution in [1.29, 1.82) is 0 Å². The molecule has 27 heavy (non-hydrogen) atoms. The van der Waals surface area contributed by atoms with E-state index in [1.165, 1.54) is 18.2 Å². The van der Waals surface area contributed by atoms with E-state index in [9.17, 15) is 18.0 Å². The van der Waals surface area contributed by atoms with Crippen LogP contribution in [-0.2, 0) is 6.18 Å². The number of benzene rings is 3. The van der Waals surface area contributed by atoms with Crippen molar-refractivity contribution in [3.05, 3.63) is 102 Å². The van der Waals surface area contributed by atoms with Crippen LogP contribution in [-0.4, -0.2) is 11.5 Å². The first kappa shape index (κ1) is 18.4. The minimum Gasteiger partial charge on any atom is -0.287 e. The Morgan fingerprint density at radius 2 is 1.26 bits per heavy atom. The number of carbonyl (C=O) groups is 1. The van der Waals surface area contributed by atoms with Crippen molar-refractivity contribution in [2.24, 2.45) is 5.10 Å². The molecule has 0 radical (unpaired) electrons. The Morgan fingerprint density at radius 3 is 1.85 bits per heavy atom. The summed E-state index contributed by atoms with van der Waals surface area (Å²) in [6.07, 6.45) is -4.53. The summed E-state index contributed by atoms with van der Waals surface area (Å²) in [5, 5.41) is 4.03. The zero-order valence-corrected chi connectivity index (χ0v) is 14.1. The molecular weight excluding hydrogens is 353 g/mol. The molecule has 0 heterocycles. The van der Waals surface area contributed by atoms with Gasteiger partial charge in [0.15, 0.2) is 0 Å². The molecule has 136 valence electrons. The van der Waals surface area contributed by atoms with Gasteiger partial charge in [-0.05, 0) is 12.1 Å². The van der Waals surface area contributed by atoms with Gasteiger partial charge in [-0.2, -0.15) is 18.3 Å². The van der Waals surface area contributed by atoms with E-state index in [2.05, 4.69) is 10.5 Å². The first-order chi connectivity index (χ1) is 13.0. The number of nitrogens with one attached hydrogen (secondary N) is 1. The lowest BCUT2D eigenvalue weighted by molar-refractivity contribution is -0.136. The van der Waals surface area contributed by atoms with Gasteiger partial charge in [0.1, 0.15) is 5.71 Å². The molecule has 0 aromatic heterocycles. The highest BCUT2D eigenvalue weighted by Crippen LogP contribution is 2.34. The zero-order chi connectivity index (χ0) is 19.3. The van der Waals surface area contributed by atoms with Gasteiger partial charge in [-0.25, -0.2) is 0 Å². The maximum absolute atomic E-state index is 13.2. The number of rotatable bonds is 5. The molecule has 3 nitrogen and oxygen atoms in total. The zero-order valence-electron chi connectivity index (χ0n) is 14.1. The van der Waals surface area contributed by atoms with Crippen LogP contribution in [0.3, 0.4) is 0 Å². The van der Waals surface area contributed by atoms with Gasteiger partial charge in [-0.3, -0.25) is 10.2 Å².